The van der Waals surface area contributed by atoms with Gasteiger partial charge < -0.3 is 5.32 Å². The van der Waals surface area contributed by atoms with Crippen molar-refractivity contribution in [3.05, 3.63) is 65.2 Å². The van der Waals surface area contributed by atoms with Crippen molar-refractivity contribution < 1.29 is 18.0 Å². The number of benzene rings is 1. The summed E-state index contributed by atoms with van der Waals surface area (Å²) in [5.41, 5.74) is 3.17. The highest BCUT2D eigenvalue weighted by molar-refractivity contribution is 6.07. The molecule has 0 aliphatic carbocycles. The van der Waals surface area contributed by atoms with Gasteiger partial charge in [-0.05, 0) is 45.4 Å². The summed E-state index contributed by atoms with van der Waals surface area (Å²) in [6, 6.07) is 10.2. The van der Waals surface area contributed by atoms with E-state index in [4.69, 9.17) is 4.98 Å². The van der Waals surface area contributed by atoms with Crippen LogP contribution in [0.1, 0.15) is 40.8 Å². The Bertz CT molecular complexity index is 1340. The molecule has 178 valence electrons. The first-order chi connectivity index (χ1) is 16.2. The number of rotatable bonds is 7. The lowest BCUT2D eigenvalue weighted by atomic mass is 10.0. The number of nitrogens with one attached hydrogen (secondary N) is 1. The van der Waals surface area contributed by atoms with Crippen molar-refractivity contribution in [2.75, 3.05) is 6.54 Å². The van der Waals surface area contributed by atoms with Crippen LogP contribution in [0, 0.1) is 13.8 Å². The van der Waals surface area contributed by atoms with Crippen LogP contribution in [0.3, 0.4) is 0 Å². The fourth-order valence-corrected chi connectivity index (χ4v) is 3.92. The molecule has 3 heterocycles. The molecule has 0 atom stereocenters. The molecule has 1 N–H and O–H groups in total. The molecule has 10 heteroatoms. The van der Waals surface area contributed by atoms with Crippen molar-refractivity contribution in [2.24, 2.45) is 0 Å². The second kappa shape index (κ2) is 9.28. The topological polar surface area (TPSA) is 77.6 Å². The number of amides is 1. The minimum Gasteiger partial charge on any atom is -0.352 e. The molecule has 0 spiro atoms. The van der Waals surface area contributed by atoms with Crippen molar-refractivity contribution in [3.63, 3.8) is 0 Å². The highest BCUT2D eigenvalue weighted by Gasteiger charge is 2.34. The maximum Gasteiger partial charge on any atom is 0.435 e. The molecule has 0 bridgehead atoms. The van der Waals surface area contributed by atoms with E-state index in [1.54, 1.807) is 19.2 Å². The molecule has 3 aromatic heterocycles. The number of fused-ring (bicyclic) bond motifs is 1. The van der Waals surface area contributed by atoms with Crippen LogP contribution in [0.15, 0.2) is 42.6 Å². The van der Waals surface area contributed by atoms with Crippen LogP contribution in [-0.2, 0) is 19.3 Å². The number of carbonyl (C=O) groups excluding carboxylic acids is 1. The summed E-state index contributed by atoms with van der Waals surface area (Å²) >= 11 is 0. The van der Waals surface area contributed by atoms with Crippen molar-refractivity contribution in [3.8, 4) is 11.3 Å². The summed E-state index contributed by atoms with van der Waals surface area (Å²) < 4.78 is 41.7. The summed E-state index contributed by atoms with van der Waals surface area (Å²) in [5, 5.41) is 11.6. The Morgan fingerprint density at radius 2 is 1.88 bits per heavy atom. The zero-order chi connectivity index (χ0) is 24.5. The lowest BCUT2D eigenvalue weighted by Gasteiger charge is -2.11. The molecular formula is C24H25F3N6O. The summed E-state index contributed by atoms with van der Waals surface area (Å²) in [6.07, 6.45) is -2.29. The molecule has 4 rings (SSSR count). The van der Waals surface area contributed by atoms with Crippen LogP contribution < -0.4 is 5.32 Å². The molecule has 0 saturated carbocycles. The zero-order valence-electron chi connectivity index (χ0n) is 19.1. The average molecular weight is 470 g/mol. The molecule has 34 heavy (non-hydrogen) atoms. The number of nitrogens with zero attached hydrogens (tertiary/aromatic N) is 5. The van der Waals surface area contributed by atoms with Gasteiger partial charge in [0.1, 0.15) is 0 Å². The maximum absolute atomic E-state index is 13.1. The zero-order valence-corrected chi connectivity index (χ0v) is 19.1. The van der Waals surface area contributed by atoms with Gasteiger partial charge in [-0.15, -0.1) is 0 Å². The van der Waals surface area contributed by atoms with Gasteiger partial charge in [-0.1, -0.05) is 18.2 Å². The van der Waals surface area contributed by atoms with Gasteiger partial charge in [-0.25, -0.2) is 4.98 Å². The fourth-order valence-electron chi connectivity index (χ4n) is 3.92. The van der Waals surface area contributed by atoms with Gasteiger partial charge in [0.15, 0.2) is 5.69 Å². The predicted octanol–water partition coefficient (Wildman–Crippen LogP) is 4.77. The first-order valence-corrected chi connectivity index (χ1v) is 11.0. The van der Waals surface area contributed by atoms with E-state index in [0.29, 0.717) is 28.9 Å². The minimum absolute atomic E-state index is 0.264. The van der Waals surface area contributed by atoms with E-state index in [1.807, 2.05) is 42.8 Å². The second-order valence-electron chi connectivity index (χ2n) is 8.03. The van der Waals surface area contributed by atoms with Gasteiger partial charge in [0, 0.05) is 42.0 Å². The van der Waals surface area contributed by atoms with Crippen LogP contribution in [0.2, 0.25) is 0 Å². The largest absolute Gasteiger partial charge is 0.435 e. The molecule has 0 fully saturated rings. The number of hydrogen-bond donors (Lipinski definition) is 1. The lowest BCUT2D eigenvalue weighted by Crippen LogP contribution is -2.26. The van der Waals surface area contributed by atoms with Crippen molar-refractivity contribution >= 4 is 16.8 Å². The van der Waals surface area contributed by atoms with Crippen LogP contribution in [0.4, 0.5) is 13.2 Å². The second-order valence-corrected chi connectivity index (χ2v) is 8.03. The average Bonchev–Trinajstić information content (AvgIpc) is 3.37. The predicted molar refractivity (Wildman–Crippen MR) is 122 cm³/mol. The maximum atomic E-state index is 13.1. The first kappa shape index (κ1) is 23.5. The normalized spacial score (nSPS) is 11.8. The Balaban J connectivity index is 1.51. The van der Waals surface area contributed by atoms with Gasteiger partial charge in [-0.3, -0.25) is 14.2 Å². The van der Waals surface area contributed by atoms with E-state index in [9.17, 15) is 18.0 Å². The van der Waals surface area contributed by atoms with E-state index in [-0.39, 0.29) is 19.0 Å². The third-order valence-corrected chi connectivity index (χ3v) is 5.74. The van der Waals surface area contributed by atoms with Crippen molar-refractivity contribution in [1.82, 2.24) is 29.9 Å². The van der Waals surface area contributed by atoms with Crippen LogP contribution in [-0.4, -0.2) is 37.0 Å². The highest BCUT2D eigenvalue weighted by atomic mass is 19.4. The molecule has 0 saturated heterocycles. The van der Waals surface area contributed by atoms with E-state index in [1.165, 1.54) is 4.68 Å². The van der Waals surface area contributed by atoms with E-state index >= 15 is 0 Å². The van der Waals surface area contributed by atoms with Gasteiger partial charge in [0.25, 0.3) is 5.91 Å². The summed E-state index contributed by atoms with van der Waals surface area (Å²) in [5.74, 6) is -0.270. The number of hydrogen-bond acceptors (Lipinski definition) is 4. The SMILES string of the molecule is CCn1ncc(-c2cc(C(=O)NCCCn3nc(C(F)(F)F)cc3C)c3ccccc3n2)c1C. The molecular weight excluding hydrogens is 445 g/mol. The summed E-state index contributed by atoms with van der Waals surface area (Å²) in [4.78, 5) is 17.8. The van der Waals surface area contributed by atoms with Crippen molar-refractivity contribution in [2.45, 2.75) is 46.5 Å². The number of aryl methyl sites for hydroxylation is 3. The molecule has 1 amide bonds. The Hall–Kier alpha value is -3.69. The Morgan fingerprint density at radius 1 is 1.12 bits per heavy atom. The van der Waals surface area contributed by atoms with E-state index in [0.717, 1.165) is 29.3 Å². The molecule has 0 aliphatic rings. The first-order valence-electron chi connectivity index (χ1n) is 11.0. The van der Waals surface area contributed by atoms with Crippen LogP contribution in [0.5, 0.6) is 0 Å². The smallest absolute Gasteiger partial charge is 0.352 e. The van der Waals surface area contributed by atoms with Crippen LogP contribution >= 0.6 is 0 Å². The number of halogens is 3. The van der Waals surface area contributed by atoms with Gasteiger partial charge in [0.05, 0.1) is 23.0 Å². The van der Waals surface area contributed by atoms with E-state index < -0.39 is 11.9 Å². The Labute approximate surface area is 194 Å². The number of pyridine rings is 1. The summed E-state index contributed by atoms with van der Waals surface area (Å²) in [7, 11) is 0. The third kappa shape index (κ3) is 4.66. The minimum atomic E-state index is -4.48. The standard InChI is InChI=1S/C24H25F3N6O/c1-4-32-16(3)19(14-29-32)21-13-18(17-8-5-6-9-20(17)30-21)23(34)28-10-7-11-33-15(2)12-22(31-33)24(25,26)27/h5-6,8-9,12-14H,4,7,10-11H2,1-3H3,(H,28,34). The quantitative estimate of drug-likeness (QED) is 0.395. The highest BCUT2D eigenvalue weighted by Crippen LogP contribution is 2.29. The van der Waals surface area contributed by atoms with Crippen molar-refractivity contribution in [1.29, 1.82) is 0 Å². The number of aromatic nitrogens is 5. The summed E-state index contributed by atoms with van der Waals surface area (Å²) in [6.45, 7) is 6.83. The van der Waals surface area contributed by atoms with Crippen LogP contribution in [0.25, 0.3) is 22.2 Å². The molecule has 0 aliphatic heterocycles. The number of carbonyl (C=O) groups is 1. The van der Waals surface area contributed by atoms with Gasteiger partial charge in [-0.2, -0.15) is 23.4 Å². The number of alkyl halides is 3. The fraction of sp³-hybridized carbons (Fsp3) is 0.333. The molecule has 0 unspecified atom stereocenters. The lowest BCUT2D eigenvalue weighted by molar-refractivity contribution is -0.141. The van der Waals surface area contributed by atoms with E-state index in [2.05, 4.69) is 15.5 Å². The molecule has 1 aromatic carbocycles. The molecule has 0 radical (unpaired) electrons. The van der Waals surface area contributed by atoms with Gasteiger partial charge in [0.2, 0.25) is 0 Å². The van der Waals surface area contributed by atoms with Gasteiger partial charge >= 0.3 is 6.18 Å². The Morgan fingerprint density at radius 3 is 2.56 bits per heavy atom. The monoisotopic (exact) mass is 470 g/mol. The third-order valence-electron chi connectivity index (χ3n) is 5.74. The number of para-hydroxylation sites is 1. The Kier molecular flexibility index (Phi) is 6.41. The molecule has 4 aromatic rings. The molecule has 7 nitrogen and oxygen atoms in total.